The highest BCUT2D eigenvalue weighted by Gasteiger charge is 2.16. The Hall–Kier alpha value is -1.75. The Morgan fingerprint density at radius 3 is 2.81 bits per heavy atom. The number of hydrogen-bond donors (Lipinski definition) is 1. The van der Waals surface area contributed by atoms with E-state index in [2.05, 4.69) is 27.3 Å². The largest absolute Gasteiger partial charge is 0.304 e. The quantitative estimate of drug-likeness (QED) is 0.827. The van der Waals surface area contributed by atoms with Crippen molar-refractivity contribution in [2.75, 3.05) is 6.54 Å². The first-order valence-electron chi connectivity index (χ1n) is 5.30. The maximum atomic E-state index is 4.28. The molecule has 1 atom stereocenters. The highest BCUT2D eigenvalue weighted by Crippen LogP contribution is 2.18. The van der Waals surface area contributed by atoms with E-state index >= 15 is 0 Å². The number of aryl methyl sites for hydroxylation is 1. The molecule has 0 bridgehead atoms. The van der Waals surface area contributed by atoms with E-state index in [4.69, 9.17) is 0 Å². The summed E-state index contributed by atoms with van der Waals surface area (Å²) in [4.78, 5) is 8.21. The van der Waals surface area contributed by atoms with Crippen molar-refractivity contribution < 1.29 is 0 Å². The maximum Gasteiger partial charge on any atom is 0.115 e. The number of rotatable bonds is 4. The van der Waals surface area contributed by atoms with Crippen molar-refractivity contribution in [2.24, 2.45) is 7.05 Å². The molecule has 1 unspecified atom stereocenters. The van der Waals surface area contributed by atoms with E-state index in [9.17, 15) is 0 Å². The van der Waals surface area contributed by atoms with Crippen LogP contribution in [-0.4, -0.2) is 26.3 Å². The minimum absolute atomic E-state index is 0.0699. The van der Waals surface area contributed by atoms with E-state index < -0.39 is 0 Å². The molecule has 0 amide bonds. The van der Waals surface area contributed by atoms with Gasteiger partial charge < -0.3 is 5.32 Å². The standard InChI is InChI=1S/C11H15N5/c1-3-13-11(9-4-6-12-8-14-9)10-5-7-15-16(10)2/h4-8,11,13H,3H2,1-2H3. The average Bonchev–Trinajstić information content (AvgIpc) is 2.73. The third-order valence-electron chi connectivity index (χ3n) is 2.46. The summed E-state index contributed by atoms with van der Waals surface area (Å²) in [5.41, 5.74) is 2.06. The first-order chi connectivity index (χ1) is 7.83. The van der Waals surface area contributed by atoms with E-state index in [1.807, 2.05) is 23.9 Å². The average molecular weight is 217 g/mol. The van der Waals surface area contributed by atoms with Crippen LogP contribution in [0.4, 0.5) is 0 Å². The Morgan fingerprint density at radius 2 is 2.25 bits per heavy atom. The maximum absolute atomic E-state index is 4.28. The monoisotopic (exact) mass is 217 g/mol. The molecule has 2 rings (SSSR count). The molecule has 2 aromatic rings. The van der Waals surface area contributed by atoms with E-state index in [0.717, 1.165) is 17.9 Å². The molecule has 0 fully saturated rings. The van der Waals surface area contributed by atoms with E-state index in [-0.39, 0.29) is 6.04 Å². The van der Waals surface area contributed by atoms with Gasteiger partial charge in [0, 0.05) is 19.4 Å². The van der Waals surface area contributed by atoms with Gasteiger partial charge in [0.1, 0.15) is 6.33 Å². The SMILES string of the molecule is CCNC(c1ccncn1)c1ccnn1C. The molecule has 0 spiro atoms. The van der Waals surface area contributed by atoms with Gasteiger partial charge in [0.25, 0.3) is 0 Å². The second-order valence-electron chi connectivity index (χ2n) is 3.50. The predicted molar refractivity (Wildman–Crippen MR) is 60.8 cm³/mol. The van der Waals surface area contributed by atoms with Gasteiger partial charge in [0.2, 0.25) is 0 Å². The van der Waals surface area contributed by atoms with Gasteiger partial charge in [-0.2, -0.15) is 5.10 Å². The molecular weight excluding hydrogens is 202 g/mol. The molecule has 0 aliphatic carbocycles. The lowest BCUT2D eigenvalue weighted by Crippen LogP contribution is -2.25. The van der Waals surface area contributed by atoms with Crippen molar-refractivity contribution >= 4 is 0 Å². The van der Waals surface area contributed by atoms with Gasteiger partial charge in [-0.05, 0) is 18.7 Å². The van der Waals surface area contributed by atoms with E-state index in [0.29, 0.717) is 0 Å². The van der Waals surface area contributed by atoms with Gasteiger partial charge in [-0.1, -0.05) is 6.92 Å². The number of aromatic nitrogens is 4. The molecule has 1 N–H and O–H groups in total. The van der Waals surface area contributed by atoms with Gasteiger partial charge in [-0.15, -0.1) is 0 Å². The Labute approximate surface area is 94.5 Å². The first kappa shape index (κ1) is 10.8. The molecule has 0 saturated carbocycles. The van der Waals surface area contributed by atoms with Crippen LogP contribution in [0.15, 0.2) is 30.9 Å². The summed E-state index contributed by atoms with van der Waals surface area (Å²) in [6.07, 6.45) is 5.11. The van der Waals surface area contributed by atoms with Crippen molar-refractivity contribution in [3.63, 3.8) is 0 Å². The van der Waals surface area contributed by atoms with Crippen LogP contribution in [0.2, 0.25) is 0 Å². The van der Waals surface area contributed by atoms with E-state index in [1.165, 1.54) is 0 Å². The summed E-state index contributed by atoms with van der Waals surface area (Å²) in [5.74, 6) is 0. The lowest BCUT2D eigenvalue weighted by Gasteiger charge is -2.17. The predicted octanol–water partition coefficient (Wildman–Crippen LogP) is 0.909. The van der Waals surface area contributed by atoms with E-state index in [1.54, 1.807) is 18.7 Å². The summed E-state index contributed by atoms with van der Waals surface area (Å²) >= 11 is 0. The minimum Gasteiger partial charge on any atom is -0.304 e. The summed E-state index contributed by atoms with van der Waals surface area (Å²) in [5, 5.41) is 7.57. The fraction of sp³-hybridized carbons (Fsp3) is 0.364. The Bertz CT molecular complexity index is 437. The van der Waals surface area contributed by atoms with Gasteiger partial charge in [0.05, 0.1) is 17.4 Å². The molecule has 0 aliphatic rings. The Morgan fingerprint density at radius 1 is 1.38 bits per heavy atom. The Kier molecular flexibility index (Phi) is 3.26. The van der Waals surface area contributed by atoms with Crippen molar-refractivity contribution in [3.05, 3.63) is 42.2 Å². The summed E-state index contributed by atoms with van der Waals surface area (Å²) in [6.45, 7) is 2.95. The van der Waals surface area contributed by atoms with Crippen LogP contribution in [0, 0.1) is 0 Å². The fourth-order valence-electron chi connectivity index (χ4n) is 1.70. The normalized spacial score (nSPS) is 12.6. The van der Waals surface area contributed by atoms with Crippen molar-refractivity contribution in [3.8, 4) is 0 Å². The molecule has 0 radical (unpaired) electrons. The lowest BCUT2D eigenvalue weighted by molar-refractivity contribution is 0.561. The summed E-state index contributed by atoms with van der Waals surface area (Å²) in [7, 11) is 1.93. The number of hydrogen-bond acceptors (Lipinski definition) is 4. The smallest absolute Gasteiger partial charge is 0.115 e. The third kappa shape index (κ3) is 2.09. The number of nitrogens with zero attached hydrogens (tertiary/aromatic N) is 4. The minimum atomic E-state index is 0.0699. The molecule has 0 aromatic carbocycles. The molecule has 0 aliphatic heterocycles. The van der Waals surface area contributed by atoms with Gasteiger partial charge in [-0.25, -0.2) is 9.97 Å². The zero-order valence-corrected chi connectivity index (χ0v) is 9.46. The Balaban J connectivity index is 2.35. The summed E-state index contributed by atoms with van der Waals surface area (Å²) in [6, 6.07) is 3.98. The first-order valence-corrected chi connectivity index (χ1v) is 5.30. The highest BCUT2D eigenvalue weighted by molar-refractivity contribution is 5.20. The van der Waals surface area contributed by atoms with Gasteiger partial charge in [0.15, 0.2) is 0 Å². The molecule has 5 nitrogen and oxygen atoms in total. The molecule has 0 saturated heterocycles. The number of nitrogens with one attached hydrogen (secondary N) is 1. The van der Waals surface area contributed by atoms with Crippen LogP contribution in [0.25, 0.3) is 0 Å². The van der Waals surface area contributed by atoms with Gasteiger partial charge in [-0.3, -0.25) is 4.68 Å². The highest BCUT2D eigenvalue weighted by atomic mass is 15.3. The third-order valence-corrected chi connectivity index (χ3v) is 2.46. The second kappa shape index (κ2) is 4.85. The van der Waals surface area contributed by atoms with Crippen LogP contribution < -0.4 is 5.32 Å². The lowest BCUT2D eigenvalue weighted by atomic mass is 10.1. The second-order valence-corrected chi connectivity index (χ2v) is 3.50. The van der Waals surface area contributed by atoms with Gasteiger partial charge >= 0.3 is 0 Å². The van der Waals surface area contributed by atoms with Crippen LogP contribution in [-0.2, 0) is 7.05 Å². The van der Waals surface area contributed by atoms with Crippen LogP contribution in [0.3, 0.4) is 0 Å². The van der Waals surface area contributed by atoms with Crippen molar-refractivity contribution in [1.82, 2.24) is 25.1 Å². The molecule has 5 heteroatoms. The van der Waals surface area contributed by atoms with Crippen LogP contribution in [0.5, 0.6) is 0 Å². The zero-order chi connectivity index (χ0) is 11.4. The van der Waals surface area contributed by atoms with Crippen LogP contribution >= 0.6 is 0 Å². The fourth-order valence-corrected chi connectivity index (χ4v) is 1.70. The van der Waals surface area contributed by atoms with Crippen LogP contribution in [0.1, 0.15) is 24.4 Å². The molecule has 16 heavy (non-hydrogen) atoms. The molecular formula is C11H15N5. The zero-order valence-electron chi connectivity index (χ0n) is 9.46. The topological polar surface area (TPSA) is 55.6 Å². The molecule has 2 heterocycles. The molecule has 84 valence electrons. The summed E-state index contributed by atoms with van der Waals surface area (Å²) < 4.78 is 1.86. The molecule has 2 aromatic heterocycles. The van der Waals surface area contributed by atoms with Crippen molar-refractivity contribution in [1.29, 1.82) is 0 Å². The van der Waals surface area contributed by atoms with Crippen molar-refractivity contribution in [2.45, 2.75) is 13.0 Å².